The summed E-state index contributed by atoms with van der Waals surface area (Å²) in [6.45, 7) is 2.67. The Morgan fingerprint density at radius 1 is 1.00 bits per heavy atom. The maximum Gasteiger partial charge on any atom is 0.289 e. The van der Waals surface area contributed by atoms with Crippen molar-refractivity contribution in [3.8, 4) is 0 Å². The quantitative estimate of drug-likeness (QED) is 0.332. The first-order chi connectivity index (χ1) is 19.5. The van der Waals surface area contributed by atoms with Crippen LogP contribution in [0.15, 0.2) is 84.6 Å². The number of morpholine rings is 1. The van der Waals surface area contributed by atoms with Gasteiger partial charge in [-0.15, -0.1) is 0 Å². The van der Waals surface area contributed by atoms with E-state index in [-0.39, 0.29) is 24.0 Å². The first-order valence-corrected chi connectivity index (χ1v) is 14.4. The number of nitrogens with one attached hydrogen (secondary N) is 1. The lowest BCUT2D eigenvalue weighted by atomic mass is 9.89. The maximum atomic E-state index is 13.6. The second kappa shape index (κ2) is 13.2. The van der Waals surface area contributed by atoms with Crippen LogP contribution in [-0.2, 0) is 22.6 Å². The van der Waals surface area contributed by atoms with Crippen LogP contribution in [0.2, 0.25) is 5.02 Å². The smallest absolute Gasteiger partial charge is 0.289 e. The molecule has 0 radical (unpaired) electrons. The molecule has 0 spiro atoms. The van der Waals surface area contributed by atoms with Crippen LogP contribution in [0.1, 0.15) is 52.7 Å². The minimum Gasteiger partial charge on any atom is -0.482 e. The van der Waals surface area contributed by atoms with Gasteiger partial charge in [-0.1, -0.05) is 72.6 Å². The molecule has 2 unspecified atom stereocenters. The number of carbonyl (C=O) groups is 2. The summed E-state index contributed by atoms with van der Waals surface area (Å²) in [5, 5.41) is 3.68. The van der Waals surface area contributed by atoms with E-state index in [1.165, 1.54) is 5.56 Å². The standard InChI is InChI=1S/C33H36ClN3O3/c1-36(22-25-7-3-2-4-8-25)20-19-35-32(38)27-15-11-24(12-16-27)21-31-33(39)37(23-26-13-17-28(34)18-14-26)29-9-5-6-10-30(29)40-31/h2-4,7-8,11-18,21,29-30H,5-6,9-10,19-20,22-23H2,1H3,(H,35,38)/b31-21-. The number of halogens is 1. The second-order valence-electron chi connectivity index (χ2n) is 10.7. The molecule has 1 heterocycles. The molecule has 1 aliphatic heterocycles. The first-order valence-electron chi connectivity index (χ1n) is 14.0. The van der Waals surface area contributed by atoms with Gasteiger partial charge in [-0.2, -0.15) is 0 Å². The van der Waals surface area contributed by atoms with Crippen LogP contribution in [-0.4, -0.2) is 53.9 Å². The predicted molar refractivity (Wildman–Crippen MR) is 159 cm³/mol. The maximum absolute atomic E-state index is 13.6. The molecule has 1 N–H and O–H groups in total. The van der Waals surface area contributed by atoms with E-state index >= 15 is 0 Å². The Hall–Kier alpha value is -3.61. The molecule has 2 amide bonds. The number of likely N-dealkylation sites (N-methyl/N-ethyl adjacent to an activating group) is 1. The van der Waals surface area contributed by atoms with Gasteiger partial charge in [-0.05, 0) is 73.3 Å². The van der Waals surface area contributed by atoms with Crippen molar-refractivity contribution in [3.63, 3.8) is 0 Å². The number of fused-ring (bicyclic) bond motifs is 1. The van der Waals surface area contributed by atoms with E-state index < -0.39 is 0 Å². The van der Waals surface area contributed by atoms with Gasteiger partial charge in [0.1, 0.15) is 6.10 Å². The highest BCUT2D eigenvalue weighted by Crippen LogP contribution is 2.34. The molecule has 7 heteroatoms. The normalized spacial score (nSPS) is 19.8. The molecule has 0 bridgehead atoms. The summed E-state index contributed by atoms with van der Waals surface area (Å²) in [7, 11) is 2.04. The summed E-state index contributed by atoms with van der Waals surface area (Å²) in [5.74, 6) is 0.145. The molecule has 2 atom stereocenters. The molecule has 0 aromatic heterocycles. The topological polar surface area (TPSA) is 61.9 Å². The van der Waals surface area contributed by atoms with Crippen molar-refractivity contribution in [1.82, 2.24) is 15.1 Å². The minimum atomic E-state index is -0.114. The molecule has 208 valence electrons. The summed E-state index contributed by atoms with van der Waals surface area (Å²) in [4.78, 5) is 30.4. The number of hydrogen-bond acceptors (Lipinski definition) is 4. The van der Waals surface area contributed by atoms with E-state index in [9.17, 15) is 9.59 Å². The van der Waals surface area contributed by atoms with E-state index in [4.69, 9.17) is 16.3 Å². The summed E-state index contributed by atoms with van der Waals surface area (Å²) in [6, 6.07) is 25.3. The molecular formula is C33H36ClN3O3. The Balaban J connectivity index is 1.20. The fourth-order valence-electron chi connectivity index (χ4n) is 5.47. The molecule has 1 aliphatic carbocycles. The Bertz CT molecular complexity index is 1330. The van der Waals surface area contributed by atoms with E-state index in [1.807, 2.05) is 66.5 Å². The average molecular weight is 558 g/mol. The van der Waals surface area contributed by atoms with Crippen LogP contribution in [0.4, 0.5) is 0 Å². The molecule has 5 rings (SSSR count). The van der Waals surface area contributed by atoms with Crippen molar-refractivity contribution < 1.29 is 14.3 Å². The Morgan fingerprint density at radius 3 is 2.48 bits per heavy atom. The zero-order chi connectivity index (χ0) is 27.9. The van der Waals surface area contributed by atoms with Gasteiger partial charge >= 0.3 is 0 Å². The Labute approximate surface area is 241 Å². The molecule has 3 aromatic rings. The molecule has 3 aromatic carbocycles. The molecule has 1 saturated heterocycles. The number of benzene rings is 3. The first kappa shape index (κ1) is 27.9. The van der Waals surface area contributed by atoms with Crippen LogP contribution in [0.25, 0.3) is 6.08 Å². The fourth-order valence-corrected chi connectivity index (χ4v) is 5.59. The van der Waals surface area contributed by atoms with E-state index in [1.54, 1.807) is 18.2 Å². The molecule has 1 saturated carbocycles. The summed E-state index contributed by atoms with van der Waals surface area (Å²) >= 11 is 6.07. The summed E-state index contributed by atoms with van der Waals surface area (Å²) in [5.41, 5.74) is 3.70. The zero-order valence-corrected chi connectivity index (χ0v) is 23.6. The number of rotatable bonds is 9. The van der Waals surface area contributed by atoms with E-state index in [0.29, 0.717) is 29.4 Å². The number of amides is 2. The largest absolute Gasteiger partial charge is 0.482 e. The van der Waals surface area contributed by atoms with Crippen molar-refractivity contribution in [1.29, 1.82) is 0 Å². The molecule has 2 aliphatic rings. The average Bonchev–Trinajstić information content (AvgIpc) is 2.97. The van der Waals surface area contributed by atoms with Crippen LogP contribution in [0.3, 0.4) is 0 Å². The Kier molecular flexibility index (Phi) is 9.19. The lowest BCUT2D eigenvalue weighted by Gasteiger charge is -2.44. The highest BCUT2D eigenvalue weighted by molar-refractivity contribution is 6.30. The van der Waals surface area contributed by atoms with Gasteiger partial charge in [0.25, 0.3) is 11.8 Å². The highest BCUT2D eigenvalue weighted by atomic mass is 35.5. The number of hydrogen-bond donors (Lipinski definition) is 1. The molecule has 40 heavy (non-hydrogen) atoms. The van der Waals surface area contributed by atoms with Gasteiger partial charge in [0, 0.05) is 36.8 Å². The molecule has 2 fully saturated rings. The van der Waals surface area contributed by atoms with Crippen LogP contribution < -0.4 is 5.32 Å². The van der Waals surface area contributed by atoms with Crippen LogP contribution >= 0.6 is 11.6 Å². The van der Waals surface area contributed by atoms with Crippen molar-refractivity contribution in [2.45, 2.75) is 50.9 Å². The van der Waals surface area contributed by atoms with E-state index in [2.05, 4.69) is 22.3 Å². The lowest BCUT2D eigenvalue weighted by molar-refractivity contribution is -0.149. The molecule has 6 nitrogen and oxygen atoms in total. The van der Waals surface area contributed by atoms with Gasteiger partial charge in [-0.25, -0.2) is 0 Å². The van der Waals surface area contributed by atoms with Gasteiger partial charge in [0.2, 0.25) is 0 Å². The third-order valence-corrected chi connectivity index (χ3v) is 7.88. The van der Waals surface area contributed by atoms with Crippen molar-refractivity contribution in [3.05, 3.63) is 112 Å². The number of ether oxygens (including phenoxy) is 1. The van der Waals surface area contributed by atoms with Crippen LogP contribution in [0, 0.1) is 0 Å². The van der Waals surface area contributed by atoms with E-state index in [0.717, 1.165) is 49.9 Å². The van der Waals surface area contributed by atoms with Crippen molar-refractivity contribution >= 4 is 29.5 Å². The number of carbonyl (C=O) groups excluding carboxylic acids is 2. The van der Waals surface area contributed by atoms with Crippen molar-refractivity contribution in [2.24, 2.45) is 0 Å². The van der Waals surface area contributed by atoms with Crippen molar-refractivity contribution in [2.75, 3.05) is 20.1 Å². The second-order valence-corrected chi connectivity index (χ2v) is 11.1. The third-order valence-electron chi connectivity index (χ3n) is 7.63. The van der Waals surface area contributed by atoms with Gasteiger partial charge in [0.15, 0.2) is 5.76 Å². The third kappa shape index (κ3) is 7.12. The minimum absolute atomic E-state index is 0.00456. The molecular weight excluding hydrogens is 522 g/mol. The monoisotopic (exact) mass is 557 g/mol. The lowest BCUT2D eigenvalue weighted by Crippen LogP contribution is -2.54. The predicted octanol–water partition coefficient (Wildman–Crippen LogP) is 5.91. The highest BCUT2D eigenvalue weighted by Gasteiger charge is 2.41. The van der Waals surface area contributed by atoms with Gasteiger partial charge in [-0.3, -0.25) is 9.59 Å². The SMILES string of the molecule is CN(CCNC(=O)c1ccc(/C=C2\OC3CCCCC3N(Cc3ccc(Cl)cc3)C2=O)cc1)Cc1ccccc1. The fraction of sp³-hybridized carbons (Fsp3) is 0.333. The van der Waals surface area contributed by atoms with Gasteiger partial charge in [0.05, 0.1) is 6.04 Å². The van der Waals surface area contributed by atoms with Crippen LogP contribution in [0.5, 0.6) is 0 Å². The Morgan fingerprint density at radius 2 is 1.73 bits per heavy atom. The van der Waals surface area contributed by atoms with Gasteiger partial charge < -0.3 is 19.9 Å². The summed E-state index contributed by atoms with van der Waals surface area (Å²) < 4.78 is 6.25. The zero-order valence-electron chi connectivity index (χ0n) is 22.9. The number of nitrogens with zero attached hydrogens (tertiary/aromatic N) is 2. The summed E-state index contributed by atoms with van der Waals surface area (Å²) in [6.07, 6.45) is 5.87.